The largest absolute Gasteiger partial charge is 0.435 e. The lowest BCUT2D eigenvalue weighted by Crippen LogP contribution is -2.31. The Kier molecular flexibility index (Phi) is 5.05. The molecule has 0 bridgehead atoms. The molecule has 1 amide bonds. The van der Waals surface area contributed by atoms with Crippen LogP contribution in [0.4, 0.5) is 8.78 Å². The molecule has 2 N–H and O–H groups in total. The Labute approximate surface area is 137 Å². The summed E-state index contributed by atoms with van der Waals surface area (Å²) in [5.74, 6) is -0.194. The number of aromatic nitrogens is 2. The van der Waals surface area contributed by atoms with Crippen LogP contribution in [-0.2, 0) is 4.74 Å². The summed E-state index contributed by atoms with van der Waals surface area (Å²) in [5.41, 5.74) is 1.56. The molecule has 24 heavy (non-hydrogen) atoms. The maximum atomic E-state index is 12.1. The number of rotatable bonds is 6. The minimum absolute atomic E-state index is 0.0683. The highest BCUT2D eigenvalue weighted by atomic mass is 19.3. The number of alkyl halides is 2. The van der Waals surface area contributed by atoms with Gasteiger partial charge in [-0.1, -0.05) is 0 Å². The molecule has 1 aromatic carbocycles. The average Bonchev–Trinajstić information content (AvgIpc) is 3.24. The lowest BCUT2D eigenvalue weighted by Gasteiger charge is -2.09. The van der Waals surface area contributed by atoms with Gasteiger partial charge in [0.2, 0.25) is 0 Å². The van der Waals surface area contributed by atoms with Crippen LogP contribution in [-0.4, -0.2) is 42.0 Å². The first kappa shape index (κ1) is 16.4. The molecular weight excluding hydrogens is 320 g/mol. The number of amides is 1. The molecule has 1 saturated heterocycles. The first-order valence-electron chi connectivity index (χ1n) is 7.62. The summed E-state index contributed by atoms with van der Waals surface area (Å²) in [4.78, 5) is 12.1. The zero-order valence-electron chi connectivity index (χ0n) is 12.8. The third-order valence-electron chi connectivity index (χ3n) is 3.71. The third kappa shape index (κ3) is 4.08. The van der Waals surface area contributed by atoms with Crippen LogP contribution in [0.15, 0.2) is 30.3 Å². The van der Waals surface area contributed by atoms with E-state index in [9.17, 15) is 13.6 Å². The summed E-state index contributed by atoms with van der Waals surface area (Å²) in [6.45, 7) is -1.66. The van der Waals surface area contributed by atoms with E-state index in [4.69, 9.17) is 4.74 Å². The molecule has 0 aliphatic carbocycles. The molecule has 1 fully saturated rings. The topological polar surface area (TPSA) is 76.2 Å². The number of hydrogen-bond donors (Lipinski definition) is 2. The minimum Gasteiger partial charge on any atom is -0.435 e. The predicted octanol–water partition coefficient (Wildman–Crippen LogP) is 2.59. The van der Waals surface area contributed by atoms with Gasteiger partial charge in [0, 0.05) is 18.7 Å². The van der Waals surface area contributed by atoms with Gasteiger partial charge in [0.1, 0.15) is 11.4 Å². The van der Waals surface area contributed by atoms with Gasteiger partial charge in [0.25, 0.3) is 5.91 Å². The van der Waals surface area contributed by atoms with Gasteiger partial charge in [0.15, 0.2) is 0 Å². The van der Waals surface area contributed by atoms with Crippen LogP contribution >= 0.6 is 0 Å². The lowest BCUT2D eigenvalue weighted by molar-refractivity contribution is -0.0498. The van der Waals surface area contributed by atoms with E-state index in [-0.39, 0.29) is 17.8 Å². The molecule has 0 radical (unpaired) electrons. The van der Waals surface area contributed by atoms with E-state index in [1.165, 1.54) is 12.1 Å². The molecule has 1 aliphatic rings. The summed E-state index contributed by atoms with van der Waals surface area (Å²) in [7, 11) is 0. The van der Waals surface area contributed by atoms with Crippen LogP contribution in [0.2, 0.25) is 0 Å². The fourth-order valence-electron chi connectivity index (χ4n) is 2.50. The standard InChI is InChI=1S/C16H17F2N3O3/c17-16(18)24-11-5-3-10(4-6-11)13-8-14(21-20-13)15(22)19-9-12-2-1-7-23-12/h3-6,8,12,16H,1-2,7,9H2,(H,19,22)(H,20,21). The van der Waals surface area contributed by atoms with Crippen molar-refractivity contribution in [2.45, 2.75) is 25.6 Å². The van der Waals surface area contributed by atoms with Gasteiger partial charge < -0.3 is 14.8 Å². The zero-order chi connectivity index (χ0) is 16.9. The normalized spacial score (nSPS) is 17.2. The van der Waals surface area contributed by atoms with Crippen LogP contribution in [0, 0.1) is 0 Å². The summed E-state index contributed by atoms with van der Waals surface area (Å²) >= 11 is 0. The Balaban J connectivity index is 1.60. The average molecular weight is 337 g/mol. The van der Waals surface area contributed by atoms with E-state index in [0.717, 1.165) is 19.4 Å². The quantitative estimate of drug-likeness (QED) is 0.849. The Morgan fingerprint density at radius 1 is 1.42 bits per heavy atom. The molecule has 2 heterocycles. The highest BCUT2D eigenvalue weighted by molar-refractivity contribution is 5.93. The maximum absolute atomic E-state index is 12.1. The molecular formula is C16H17F2N3O3. The number of nitrogens with zero attached hydrogens (tertiary/aromatic N) is 1. The van der Waals surface area contributed by atoms with Crippen molar-refractivity contribution in [1.82, 2.24) is 15.5 Å². The highest BCUT2D eigenvalue weighted by Gasteiger charge is 2.17. The number of halogens is 2. The Morgan fingerprint density at radius 2 is 2.21 bits per heavy atom. The van der Waals surface area contributed by atoms with Gasteiger partial charge in [-0.3, -0.25) is 9.89 Å². The van der Waals surface area contributed by atoms with E-state index in [2.05, 4.69) is 20.3 Å². The monoisotopic (exact) mass is 337 g/mol. The number of ether oxygens (including phenoxy) is 2. The molecule has 128 valence electrons. The van der Waals surface area contributed by atoms with Gasteiger partial charge in [-0.05, 0) is 43.2 Å². The molecule has 0 spiro atoms. The molecule has 0 saturated carbocycles. The van der Waals surface area contributed by atoms with E-state index in [1.54, 1.807) is 18.2 Å². The number of nitrogens with one attached hydrogen (secondary N) is 2. The fourth-order valence-corrected chi connectivity index (χ4v) is 2.50. The first-order chi connectivity index (χ1) is 11.6. The van der Waals surface area contributed by atoms with Crippen LogP contribution in [0.25, 0.3) is 11.3 Å². The number of carbonyl (C=O) groups is 1. The Hall–Kier alpha value is -2.48. The van der Waals surface area contributed by atoms with Crippen LogP contribution < -0.4 is 10.1 Å². The van der Waals surface area contributed by atoms with Crippen molar-refractivity contribution in [2.24, 2.45) is 0 Å². The summed E-state index contributed by atoms with van der Waals surface area (Å²) in [5, 5.41) is 9.54. The number of benzene rings is 1. The van der Waals surface area contributed by atoms with Crippen LogP contribution in [0.5, 0.6) is 5.75 Å². The zero-order valence-corrected chi connectivity index (χ0v) is 12.8. The summed E-state index contributed by atoms with van der Waals surface area (Å²) < 4.78 is 34.0. The second kappa shape index (κ2) is 7.39. The second-order valence-corrected chi connectivity index (χ2v) is 5.41. The second-order valence-electron chi connectivity index (χ2n) is 5.41. The van der Waals surface area contributed by atoms with Gasteiger partial charge in [-0.25, -0.2) is 0 Å². The Bertz CT molecular complexity index is 682. The number of aromatic amines is 1. The molecule has 1 aromatic heterocycles. The predicted molar refractivity (Wildman–Crippen MR) is 82.0 cm³/mol. The molecule has 2 aromatic rings. The summed E-state index contributed by atoms with van der Waals surface area (Å²) in [6.07, 6.45) is 2.03. The summed E-state index contributed by atoms with van der Waals surface area (Å²) in [6, 6.07) is 7.65. The number of carbonyl (C=O) groups excluding carboxylic acids is 1. The van der Waals surface area contributed by atoms with Crippen molar-refractivity contribution in [3.8, 4) is 17.0 Å². The number of H-pyrrole nitrogens is 1. The Morgan fingerprint density at radius 3 is 2.88 bits per heavy atom. The molecule has 1 unspecified atom stereocenters. The number of hydrogen-bond acceptors (Lipinski definition) is 4. The van der Waals surface area contributed by atoms with Gasteiger partial charge >= 0.3 is 6.61 Å². The molecule has 8 heteroatoms. The molecule has 6 nitrogen and oxygen atoms in total. The van der Waals surface area contributed by atoms with Crippen molar-refractivity contribution in [2.75, 3.05) is 13.2 Å². The van der Waals surface area contributed by atoms with Crippen molar-refractivity contribution < 1.29 is 23.0 Å². The highest BCUT2D eigenvalue weighted by Crippen LogP contribution is 2.22. The van der Waals surface area contributed by atoms with E-state index in [0.29, 0.717) is 23.5 Å². The van der Waals surface area contributed by atoms with Gasteiger partial charge in [-0.2, -0.15) is 13.9 Å². The maximum Gasteiger partial charge on any atom is 0.387 e. The third-order valence-corrected chi connectivity index (χ3v) is 3.71. The SMILES string of the molecule is O=C(NCC1CCCO1)c1cc(-c2ccc(OC(F)F)cc2)n[nH]1. The van der Waals surface area contributed by atoms with Gasteiger partial charge in [0.05, 0.1) is 11.8 Å². The van der Waals surface area contributed by atoms with E-state index >= 15 is 0 Å². The van der Waals surface area contributed by atoms with Crippen molar-refractivity contribution in [3.05, 3.63) is 36.0 Å². The van der Waals surface area contributed by atoms with Crippen molar-refractivity contribution in [1.29, 1.82) is 0 Å². The van der Waals surface area contributed by atoms with Crippen molar-refractivity contribution in [3.63, 3.8) is 0 Å². The van der Waals surface area contributed by atoms with Crippen LogP contribution in [0.1, 0.15) is 23.3 Å². The van der Waals surface area contributed by atoms with Crippen LogP contribution in [0.3, 0.4) is 0 Å². The molecule has 1 aliphatic heterocycles. The lowest BCUT2D eigenvalue weighted by atomic mass is 10.1. The first-order valence-corrected chi connectivity index (χ1v) is 7.62. The van der Waals surface area contributed by atoms with E-state index in [1.807, 2.05) is 0 Å². The molecule has 1 atom stereocenters. The molecule has 3 rings (SSSR count). The van der Waals surface area contributed by atoms with Crippen molar-refractivity contribution >= 4 is 5.91 Å². The van der Waals surface area contributed by atoms with E-state index < -0.39 is 6.61 Å². The fraction of sp³-hybridized carbons (Fsp3) is 0.375. The minimum atomic E-state index is -2.86. The smallest absolute Gasteiger partial charge is 0.387 e. The van der Waals surface area contributed by atoms with Gasteiger partial charge in [-0.15, -0.1) is 0 Å².